The molecule has 0 radical (unpaired) electrons. The summed E-state index contributed by atoms with van der Waals surface area (Å²) in [6.45, 7) is 6.38. The molecule has 170 valence electrons. The van der Waals surface area contributed by atoms with Gasteiger partial charge in [-0.05, 0) is 42.0 Å². The van der Waals surface area contributed by atoms with E-state index in [1.165, 1.54) is 11.1 Å². The molecule has 1 atom stereocenters. The van der Waals surface area contributed by atoms with Crippen molar-refractivity contribution in [3.05, 3.63) is 76.5 Å². The highest BCUT2D eigenvalue weighted by Crippen LogP contribution is 2.45. The number of nitrogens with zero attached hydrogens (tertiary/aromatic N) is 3. The van der Waals surface area contributed by atoms with E-state index in [1.807, 2.05) is 28.9 Å². The largest absolute Gasteiger partial charge is 0.497 e. The molecule has 1 aliphatic carbocycles. The molecule has 1 unspecified atom stereocenters. The number of thioether (sulfide) groups is 1. The van der Waals surface area contributed by atoms with Crippen molar-refractivity contribution in [3.8, 4) is 5.75 Å². The van der Waals surface area contributed by atoms with Crippen molar-refractivity contribution >= 4 is 23.5 Å². The molecule has 1 N–H and O–H groups in total. The number of aryl methyl sites for hydroxylation is 1. The summed E-state index contributed by atoms with van der Waals surface area (Å²) in [6, 6.07) is 16.1. The van der Waals surface area contributed by atoms with Crippen LogP contribution in [-0.2, 0) is 10.5 Å². The standard InChI is InChI=1S/C26H28N4O2S/c1-16-6-5-7-17(12-16)15-33-25-28-24-27-20-13-26(2,3)14-21(31)22(20)23(30(24)29-25)18-8-10-19(32-4)11-9-18/h5-12,23H,13-15H2,1-4H3,(H,27,28,29). The minimum atomic E-state index is -0.299. The Morgan fingerprint density at radius 1 is 1.18 bits per heavy atom. The number of ketones is 1. The van der Waals surface area contributed by atoms with Gasteiger partial charge in [0.05, 0.1) is 7.11 Å². The van der Waals surface area contributed by atoms with Gasteiger partial charge in [-0.25, -0.2) is 4.68 Å². The number of rotatable bonds is 5. The van der Waals surface area contributed by atoms with Gasteiger partial charge in [0, 0.05) is 23.4 Å². The maximum atomic E-state index is 13.3. The molecule has 0 amide bonds. The summed E-state index contributed by atoms with van der Waals surface area (Å²) in [6.07, 6.45) is 1.33. The van der Waals surface area contributed by atoms with Gasteiger partial charge >= 0.3 is 0 Å². The van der Waals surface area contributed by atoms with Gasteiger partial charge in [-0.15, -0.1) is 5.10 Å². The molecule has 2 aliphatic rings. The smallest absolute Gasteiger partial charge is 0.227 e. The average Bonchev–Trinajstić information content (AvgIpc) is 3.18. The van der Waals surface area contributed by atoms with Crippen molar-refractivity contribution in [2.75, 3.05) is 12.4 Å². The number of benzene rings is 2. The van der Waals surface area contributed by atoms with Crippen molar-refractivity contribution in [1.29, 1.82) is 0 Å². The molecule has 0 spiro atoms. The number of fused-ring (bicyclic) bond motifs is 1. The zero-order chi connectivity index (χ0) is 23.2. The SMILES string of the molecule is COc1ccc(C2C3=C(CC(C)(C)CC3=O)Nc3nc(SCc4cccc(C)c4)nn32)cc1. The van der Waals surface area contributed by atoms with Gasteiger partial charge in [0.15, 0.2) is 5.78 Å². The molecule has 1 aromatic heterocycles. The third-order valence-corrected chi connectivity index (χ3v) is 7.10. The molecule has 0 saturated heterocycles. The summed E-state index contributed by atoms with van der Waals surface area (Å²) in [7, 11) is 1.65. The van der Waals surface area contributed by atoms with Crippen LogP contribution >= 0.6 is 11.8 Å². The Morgan fingerprint density at radius 2 is 1.97 bits per heavy atom. The van der Waals surface area contributed by atoms with Crippen LogP contribution in [0.3, 0.4) is 0 Å². The summed E-state index contributed by atoms with van der Waals surface area (Å²) >= 11 is 1.61. The zero-order valence-electron chi connectivity index (χ0n) is 19.4. The van der Waals surface area contributed by atoms with Crippen molar-refractivity contribution in [2.45, 2.75) is 50.6 Å². The van der Waals surface area contributed by atoms with Gasteiger partial charge in [0.2, 0.25) is 11.1 Å². The average molecular weight is 461 g/mol. The second kappa shape index (κ2) is 8.37. The van der Waals surface area contributed by atoms with E-state index in [2.05, 4.69) is 50.4 Å². The van der Waals surface area contributed by atoms with Gasteiger partial charge in [0.1, 0.15) is 11.8 Å². The normalized spacial score (nSPS) is 19.0. The van der Waals surface area contributed by atoms with E-state index in [1.54, 1.807) is 18.9 Å². The summed E-state index contributed by atoms with van der Waals surface area (Å²) < 4.78 is 7.21. The van der Waals surface area contributed by atoms with Crippen molar-refractivity contribution in [2.24, 2.45) is 5.41 Å². The van der Waals surface area contributed by atoms with Gasteiger partial charge in [0.25, 0.3) is 0 Å². The summed E-state index contributed by atoms with van der Waals surface area (Å²) in [4.78, 5) is 18.1. The highest BCUT2D eigenvalue weighted by atomic mass is 32.2. The summed E-state index contributed by atoms with van der Waals surface area (Å²) in [5, 5.41) is 8.98. The van der Waals surface area contributed by atoms with E-state index < -0.39 is 0 Å². The number of carbonyl (C=O) groups excluding carboxylic acids is 1. The molecule has 5 rings (SSSR count). The first kappa shape index (κ1) is 21.8. The maximum Gasteiger partial charge on any atom is 0.227 e. The summed E-state index contributed by atoms with van der Waals surface area (Å²) in [5.74, 6) is 2.43. The monoisotopic (exact) mass is 460 g/mol. The van der Waals surface area contributed by atoms with Crippen LogP contribution in [0.1, 0.15) is 49.4 Å². The molecule has 3 aromatic rings. The number of hydrogen-bond donors (Lipinski definition) is 1. The lowest BCUT2D eigenvalue weighted by Crippen LogP contribution is -2.36. The molecule has 1 aliphatic heterocycles. The molecule has 0 bridgehead atoms. The number of allylic oxidation sites excluding steroid dienone is 2. The third-order valence-electron chi connectivity index (χ3n) is 6.19. The topological polar surface area (TPSA) is 69.0 Å². The van der Waals surface area contributed by atoms with E-state index in [0.717, 1.165) is 34.8 Å². The van der Waals surface area contributed by atoms with E-state index in [-0.39, 0.29) is 17.2 Å². The van der Waals surface area contributed by atoms with Crippen LogP contribution in [0.2, 0.25) is 0 Å². The number of ether oxygens (including phenoxy) is 1. The predicted octanol–water partition coefficient (Wildman–Crippen LogP) is 5.55. The van der Waals surface area contributed by atoms with E-state index in [9.17, 15) is 4.79 Å². The Kier molecular flexibility index (Phi) is 5.52. The van der Waals surface area contributed by atoms with Gasteiger partial charge < -0.3 is 10.1 Å². The number of Topliss-reactive ketones (excluding diaryl/α,β-unsaturated/α-hetero) is 1. The highest BCUT2D eigenvalue weighted by Gasteiger charge is 2.41. The molecule has 0 fully saturated rings. The first-order chi connectivity index (χ1) is 15.8. The van der Waals surface area contributed by atoms with E-state index in [4.69, 9.17) is 14.8 Å². The lowest BCUT2D eigenvalue weighted by molar-refractivity contribution is -0.118. The summed E-state index contributed by atoms with van der Waals surface area (Å²) in [5.41, 5.74) is 5.16. The fraction of sp³-hybridized carbons (Fsp3) is 0.346. The lowest BCUT2D eigenvalue weighted by Gasteiger charge is -2.38. The molecule has 33 heavy (non-hydrogen) atoms. The van der Waals surface area contributed by atoms with Crippen molar-refractivity contribution in [3.63, 3.8) is 0 Å². The van der Waals surface area contributed by atoms with Crippen LogP contribution in [0.25, 0.3) is 0 Å². The Labute approximate surface area is 198 Å². The quantitative estimate of drug-likeness (QED) is 0.504. The molecule has 2 aromatic carbocycles. The van der Waals surface area contributed by atoms with Crippen LogP contribution in [0.5, 0.6) is 5.75 Å². The third kappa shape index (κ3) is 4.29. The van der Waals surface area contributed by atoms with Crippen LogP contribution < -0.4 is 10.1 Å². The number of hydrogen-bond acceptors (Lipinski definition) is 6. The first-order valence-corrected chi connectivity index (χ1v) is 12.1. The zero-order valence-corrected chi connectivity index (χ0v) is 20.2. The number of methoxy groups -OCH3 is 1. The van der Waals surface area contributed by atoms with Gasteiger partial charge in [-0.1, -0.05) is 67.6 Å². The molecular formula is C26H28N4O2S. The number of nitrogens with one attached hydrogen (secondary N) is 1. The highest BCUT2D eigenvalue weighted by molar-refractivity contribution is 7.98. The minimum Gasteiger partial charge on any atom is -0.497 e. The first-order valence-electron chi connectivity index (χ1n) is 11.1. The van der Waals surface area contributed by atoms with E-state index >= 15 is 0 Å². The van der Waals surface area contributed by atoms with Crippen LogP contribution in [0.4, 0.5) is 5.95 Å². The van der Waals surface area contributed by atoms with Crippen LogP contribution in [0, 0.1) is 12.3 Å². The fourth-order valence-corrected chi connectivity index (χ4v) is 5.47. The fourth-order valence-electron chi connectivity index (χ4n) is 4.69. The van der Waals surface area contributed by atoms with Gasteiger partial charge in [-0.2, -0.15) is 4.98 Å². The Morgan fingerprint density at radius 3 is 2.70 bits per heavy atom. The Bertz CT molecular complexity index is 1240. The molecule has 7 heteroatoms. The van der Waals surface area contributed by atoms with Crippen molar-refractivity contribution in [1.82, 2.24) is 14.8 Å². The molecule has 6 nitrogen and oxygen atoms in total. The van der Waals surface area contributed by atoms with E-state index in [0.29, 0.717) is 17.5 Å². The number of aromatic nitrogens is 3. The van der Waals surface area contributed by atoms with Crippen LogP contribution in [0.15, 0.2) is 65.0 Å². The minimum absolute atomic E-state index is 0.0850. The molecule has 0 saturated carbocycles. The molecular weight excluding hydrogens is 432 g/mol. The van der Waals surface area contributed by atoms with Crippen molar-refractivity contribution < 1.29 is 9.53 Å². The number of carbonyl (C=O) groups is 1. The van der Waals surface area contributed by atoms with Gasteiger partial charge in [-0.3, -0.25) is 4.79 Å². The second-order valence-corrected chi connectivity index (χ2v) is 10.5. The number of anilines is 1. The Hall–Kier alpha value is -3.06. The predicted molar refractivity (Wildman–Crippen MR) is 131 cm³/mol. The Balaban J connectivity index is 1.52. The van der Waals surface area contributed by atoms with Crippen LogP contribution in [-0.4, -0.2) is 27.7 Å². The second-order valence-electron chi connectivity index (χ2n) is 9.57. The lowest BCUT2D eigenvalue weighted by atomic mass is 9.73. The molecule has 2 heterocycles. The maximum absolute atomic E-state index is 13.3.